The SMILES string of the molecule is Cc1ccc(C(=O)N(CCN(C)C)c2nc3c(C)cc(Cl)cc3s2)cc1[N+](=O)[O-].Cl. The highest BCUT2D eigenvalue weighted by Crippen LogP contribution is 2.34. The summed E-state index contributed by atoms with van der Waals surface area (Å²) in [4.78, 5) is 32.3. The van der Waals surface area contributed by atoms with Crippen LogP contribution in [-0.2, 0) is 0 Å². The van der Waals surface area contributed by atoms with Gasteiger partial charge in [-0.3, -0.25) is 19.8 Å². The van der Waals surface area contributed by atoms with Crippen LogP contribution in [0.15, 0.2) is 30.3 Å². The smallest absolute Gasteiger partial charge is 0.273 e. The van der Waals surface area contributed by atoms with Gasteiger partial charge in [0.15, 0.2) is 5.13 Å². The normalized spacial score (nSPS) is 10.9. The van der Waals surface area contributed by atoms with Crippen LogP contribution in [0.1, 0.15) is 21.5 Å². The van der Waals surface area contributed by atoms with E-state index in [0.29, 0.717) is 28.8 Å². The molecule has 1 amide bonds. The summed E-state index contributed by atoms with van der Waals surface area (Å²) in [5, 5.41) is 12.4. The van der Waals surface area contributed by atoms with Crippen molar-refractivity contribution in [2.24, 2.45) is 0 Å². The summed E-state index contributed by atoms with van der Waals surface area (Å²) in [7, 11) is 3.84. The summed E-state index contributed by atoms with van der Waals surface area (Å²) in [6.45, 7) is 4.60. The Balaban J connectivity index is 0.00000320. The molecular weight excluding hydrogens is 447 g/mol. The molecule has 0 fully saturated rings. The first-order chi connectivity index (χ1) is 13.7. The first-order valence-corrected chi connectivity index (χ1v) is 10.1. The minimum atomic E-state index is -0.473. The van der Waals surface area contributed by atoms with Crippen LogP contribution in [0.5, 0.6) is 0 Å². The zero-order valence-corrected chi connectivity index (χ0v) is 19.4. The second-order valence-electron chi connectivity index (χ2n) is 7.08. The third-order valence-electron chi connectivity index (χ3n) is 4.54. The Hall–Kier alpha value is -2.26. The van der Waals surface area contributed by atoms with Gasteiger partial charge >= 0.3 is 0 Å². The van der Waals surface area contributed by atoms with Gasteiger partial charge in [0.1, 0.15) is 0 Å². The highest BCUT2D eigenvalue weighted by Gasteiger charge is 2.24. The van der Waals surface area contributed by atoms with Gasteiger partial charge in [-0.2, -0.15) is 0 Å². The number of carbonyl (C=O) groups excluding carboxylic acids is 1. The predicted octanol–water partition coefficient (Wildman–Crippen LogP) is 5.10. The number of rotatable bonds is 6. The lowest BCUT2D eigenvalue weighted by atomic mass is 10.1. The number of aryl methyl sites for hydroxylation is 2. The number of likely N-dealkylation sites (N-methyl/N-ethyl adjacent to an activating group) is 1. The number of hydrogen-bond acceptors (Lipinski definition) is 6. The van der Waals surface area contributed by atoms with Gasteiger partial charge in [-0.25, -0.2) is 4.98 Å². The molecule has 0 aliphatic carbocycles. The summed E-state index contributed by atoms with van der Waals surface area (Å²) in [6, 6.07) is 8.20. The third-order valence-corrected chi connectivity index (χ3v) is 5.78. The zero-order valence-electron chi connectivity index (χ0n) is 17.0. The molecule has 0 saturated carbocycles. The second kappa shape index (κ2) is 9.70. The van der Waals surface area contributed by atoms with Gasteiger partial charge < -0.3 is 4.90 Å². The lowest BCUT2D eigenvalue weighted by Crippen LogP contribution is -2.36. The number of aromatic nitrogens is 1. The molecule has 10 heteroatoms. The lowest BCUT2D eigenvalue weighted by Gasteiger charge is -2.22. The summed E-state index contributed by atoms with van der Waals surface area (Å²) in [5.41, 5.74) is 2.43. The minimum absolute atomic E-state index is 0. The largest absolute Gasteiger partial charge is 0.308 e. The summed E-state index contributed by atoms with van der Waals surface area (Å²) < 4.78 is 0.891. The van der Waals surface area contributed by atoms with E-state index in [-0.39, 0.29) is 29.6 Å². The Morgan fingerprint density at radius 1 is 1.17 bits per heavy atom. The quantitative estimate of drug-likeness (QED) is 0.371. The molecule has 0 unspecified atom stereocenters. The Labute approximate surface area is 189 Å². The molecule has 1 aromatic heterocycles. The van der Waals surface area contributed by atoms with Crippen molar-refractivity contribution < 1.29 is 9.72 Å². The highest BCUT2D eigenvalue weighted by atomic mass is 35.5. The Kier molecular flexibility index (Phi) is 7.76. The predicted molar refractivity (Wildman–Crippen MR) is 125 cm³/mol. The van der Waals surface area contributed by atoms with Crippen LogP contribution in [0.3, 0.4) is 0 Å². The molecule has 0 spiro atoms. The second-order valence-corrected chi connectivity index (χ2v) is 8.53. The fourth-order valence-corrected chi connectivity index (χ4v) is 4.38. The van der Waals surface area contributed by atoms with E-state index in [9.17, 15) is 14.9 Å². The number of halogens is 2. The molecule has 2 aromatic carbocycles. The fourth-order valence-electron chi connectivity index (χ4n) is 2.94. The Morgan fingerprint density at radius 3 is 2.50 bits per heavy atom. The van der Waals surface area contributed by atoms with Crippen LogP contribution in [0.2, 0.25) is 5.02 Å². The average Bonchev–Trinajstić information content (AvgIpc) is 3.05. The van der Waals surface area contributed by atoms with Crippen molar-refractivity contribution in [2.45, 2.75) is 13.8 Å². The van der Waals surface area contributed by atoms with Gasteiger partial charge in [-0.05, 0) is 51.7 Å². The maximum atomic E-state index is 13.3. The summed E-state index contributed by atoms with van der Waals surface area (Å²) in [6.07, 6.45) is 0. The van der Waals surface area contributed by atoms with E-state index in [2.05, 4.69) is 4.98 Å². The van der Waals surface area contributed by atoms with Crippen LogP contribution < -0.4 is 4.90 Å². The van der Waals surface area contributed by atoms with Crippen LogP contribution in [0, 0.1) is 24.0 Å². The van der Waals surface area contributed by atoms with Gasteiger partial charge in [-0.1, -0.05) is 29.0 Å². The number of carbonyl (C=O) groups is 1. The van der Waals surface area contributed by atoms with E-state index in [0.717, 1.165) is 15.8 Å². The van der Waals surface area contributed by atoms with E-state index < -0.39 is 4.92 Å². The highest BCUT2D eigenvalue weighted by molar-refractivity contribution is 7.22. The average molecular weight is 469 g/mol. The maximum Gasteiger partial charge on any atom is 0.273 e. The van der Waals surface area contributed by atoms with Gasteiger partial charge in [-0.15, -0.1) is 12.4 Å². The van der Waals surface area contributed by atoms with Crippen LogP contribution in [0.4, 0.5) is 10.8 Å². The molecule has 0 N–H and O–H groups in total. The molecule has 1 heterocycles. The van der Waals surface area contributed by atoms with Crippen LogP contribution in [-0.4, -0.2) is 47.9 Å². The lowest BCUT2D eigenvalue weighted by molar-refractivity contribution is -0.385. The van der Waals surface area contributed by atoms with E-state index >= 15 is 0 Å². The first kappa shape index (κ1) is 24.0. The standard InChI is InChI=1S/C20H21ClN4O3S.ClH/c1-12-5-6-14(10-16(12)25(27)28)19(26)24(8-7-23(3)4)20-22-18-13(2)9-15(21)11-17(18)29-20;/h5-6,9-11H,7-8H2,1-4H3;1H. The Morgan fingerprint density at radius 2 is 1.87 bits per heavy atom. The van der Waals surface area contributed by atoms with Crippen molar-refractivity contribution in [1.29, 1.82) is 0 Å². The fraction of sp³-hybridized carbons (Fsp3) is 0.300. The number of amides is 1. The third kappa shape index (κ3) is 5.07. The molecule has 0 aliphatic rings. The van der Waals surface area contributed by atoms with Crippen LogP contribution in [0.25, 0.3) is 10.2 Å². The summed E-state index contributed by atoms with van der Waals surface area (Å²) in [5.74, 6) is -0.322. The molecule has 0 aliphatic heterocycles. The number of hydrogen-bond donors (Lipinski definition) is 0. The van der Waals surface area contributed by atoms with Crippen molar-refractivity contribution in [3.8, 4) is 0 Å². The molecule has 0 bridgehead atoms. The summed E-state index contributed by atoms with van der Waals surface area (Å²) >= 11 is 7.54. The minimum Gasteiger partial charge on any atom is -0.308 e. The molecule has 160 valence electrons. The van der Waals surface area contributed by atoms with Crippen molar-refractivity contribution >= 4 is 62.3 Å². The van der Waals surface area contributed by atoms with E-state index in [1.807, 2.05) is 38.1 Å². The van der Waals surface area contributed by atoms with Crippen molar-refractivity contribution in [2.75, 3.05) is 32.1 Å². The van der Waals surface area contributed by atoms with E-state index in [4.69, 9.17) is 11.6 Å². The van der Waals surface area contributed by atoms with Crippen molar-refractivity contribution in [3.63, 3.8) is 0 Å². The zero-order chi connectivity index (χ0) is 21.3. The molecular formula is C20H22Cl2N4O3S. The van der Waals surface area contributed by atoms with Gasteiger partial charge in [0.25, 0.3) is 11.6 Å². The number of nitro groups is 1. The molecule has 0 atom stereocenters. The van der Waals surface area contributed by atoms with E-state index in [1.54, 1.807) is 24.0 Å². The molecule has 3 rings (SSSR count). The number of nitro benzene ring substituents is 1. The number of nitrogens with zero attached hydrogens (tertiary/aromatic N) is 4. The molecule has 3 aromatic rings. The number of fused-ring (bicyclic) bond motifs is 1. The number of anilines is 1. The van der Waals surface area contributed by atoms with Crippen molar-refractivity contribution in [1.82, 2.24) is 9.88 Å². The number of benzene rings is 2. The molecule has 7 nitrogen and oxygen atoms in total. The topological polar surface area (TPSA) is 79.6 Å². The first-order valence-electron chi connectivity index (χ1n) is 8.95. The number of thiazole rings is 1. The van der Waals surface area contributed by atoms with Gasteiger partial charge in [0.2, 0.25) is 0 Å². The molecule has 0 saturated heterocycles. The monoisotopic (exact) mass is 468 g/mol. The maximum absolute atomic E-state index is 13.3. The van der Waals surface area contributed by atoms with Crippen LogP contribution >= 0.6 is 35.3 Å². The van der Waals surface area contributed by atoms with Gasteiger partial charge in [0.05, 0.1) is 15.1 Å². The van der Waals surface area contributed by atoms with Crippen molar-refractivity contribution in [3.05, 3.63) is 62.2 Å². The van der Waals surface area contributed by atoms with E-state index in [1.165, 1.54) is 17.4 Å². The molecule has 0 radical (unpaired) electrons. The molecule has 30 heavy (non-hydrogen) atoms. The Bertz CT molecular complexity index is 1100. The van der Waals surface area contributed by atoms with Gasteiger partial charge in [0, 0.05) is 35.3 Å².